The van der Waals surface area contributed by atoms with E-state index in [2.05, 4.69) is 5.32 Å². The number of hydrogen-bond donors (Lipinski definition) is 1. The molecule has 36 heavy (non-hydrogen) atoms. The van der Waals surface area contributed by atoms with Crippen LogP contribution in [0.15, 0.2) is 48.5 Å². The van der Waals surface area contributed by atoms with Crippen molar-refractivity contribution in [3.63, 3.8) is 0 Å². The molecule has 1 atom stereocenters. The minimum atomic E-state index is -0.890. The Bertz CT molecular complexity index is 1070. The first-order chi connectivity index (χ1) is 17.1. The van der Waals surface area contributed by atoms with Gasteiger partial charge in [0.05, 0.1) is 24.8 Å². The number of alkyl carbamates (subject to hydrolysis) is 1. The molecule has 1 aliphatic heterocycles. The maximum absolute atomic E-state index is 12.4. The van der Waals surface area contributed by atoms with Crippen LogP contribution in [0.1, 0.15) is 59.9 Å². The summed E-state index contributed by atoms with van der Waals surface area (Å²) in [5.41, 5.74) is 1.03. The second-order valence-electron chi connectivity index (χ2n) is 9.43. The van der Waals surface area contributed by atoms with Crippen LogP contribution >= 0.6 is 0 Å². The molecule has 2 aromatic carbocycles. The molecule has 9 nitrogen and oxygen atoms in total. The topological polar surface area (TPSA) is 111 Å². The highest BCUT2D eigenvalue weighted by atomic mass is 16.6. The molecule has 1 unspecified atom stereocenters. The zero-order chi connectivity index (χ0) is 26.3. The second kappa shape index (κ2) is 11.7. The molecule has 0 aromatic heterocycles. The minimum Gasteiger partial charge on any atom is -0.494 e. The fraction of sp³-hybridized carbons (Fsp3) is 0.407. The fourth-order valence-corrected chi connectivity index (χ4v) is 3.75. The van der Waals surface area contributed by atoms with Gasteiger partial charge in [-0.2, -0.15) is 0 Å². The maximum atomic E-state index is 12.4. The first-order valence-electron chi connectivity index (χ1n) is 11.8. The lowest BCUT2D eigenvalue weighted by Crippen LogP contribution is -2.45. The van der Waals surface area contributed by atoms with Gasteiger partial charge in [-0.1, -0.05) is 24.3 Å². The van der Waals surface area contributed by atoms with Crippen LogP contribution in [0.25, 0.3) is 0 Å². The Labute approximate surface area is 210 Å². The Kier molecular flexibility index (Phi) is 8.68. The Balaban J connectivity index is 1.44. The summed E-state index contributed by atoms with van der Waals surface area (Å²) >= 11 is 0. The standard InChI is InChI=1S/C27H32N2O7/c1-27(2,3)36-26(33)28-22(25(32)34-4)17-18-11-13-19(14-12-18)35-16-8-7-15-29-23(30)20-9-5-6-10-21(20)24(29)31/h5-6,9-14,22H,7-8,15-17H2,1-4H3,(H,28,33). The molecule has 192 valence electrons. The summed E-state index contributed by atoms with van der Waals surface area (Å²) in [4.78, 5) is 50.3. The lowest BCUT2D eigenvalue weighted by atomic mass is 10.1. The number of carbonyl (C=O) groups is 4. The summed E-state index contributed by atoms with van der Waals surface area (Å²) in [6, 6.07) is 13.1. The van der Waals surface area contributed by atoms with Crippen molar-refractivity contribution in [3.05, 3.63) is 65.2 Å². The fourth-order valence-electron chi connectivity index (χ4n) is 3.75. The van der Waals surface area contributed by atoms with E-state index >= 15 is 0 Å². The Morgan fingerprint density at radius 1 is 0.944 bits per heavy atom. The van der Waals surface area contributed by atoms with Crippen molar-refractivity contribution >= 4 is 23.9 Å². The highest BCUT2D eigenvalue weighted by Crippen LogP contribution is 2.23. The third-order valence-electron chi connectivity index (χ3n) is 5.46. The van der Waals surface area contributed by atoms with E-state index in [0.717, 1.165) is 5.56 Å². The van der Waals surface area contributed by atoms with Gasteiger partial charge in [-0.15, -0.1) is 0 Å². The third-order valence-corrected chi connectivity index (χ3v) is 5.46. The van der Waals surface area contributed by atoms with E-state index in [1.54, 1.807) is 69.3 Å². The summed E-state index contributed by atoms with van der Waals surface area (Å²) in [6.45, 7) is 5.98. The van der Waals surface area contributed by atoms with Gasteiger partial charge in [-0.05, 0) is 63.4 Å². The quantitative estimate of drug-likeness (QED) is 0.303. The van der Waals surface area contributed by atoms with E-state index in [4.69, 9.17) is 14.2 Å². The van der Waals surface area contributed by atoms with Crippen molar-refractivity contribution in [2.75, 3.05) is 20.3 Å². The van der Waals surface area contributed by atoms with Gasteiger partial charge in [-0.25, -0.2) is 9.59 Å². The number of methoxy groups -OCH3 is 1. The van der Waals surface area contributed by atoms with Crippen LogP contribution in [0.5, 0.6) is 5.75 Å². The smallest absolute Gasteiger partial charge is 0.408 e. The number of ether oxygens (including phenoxy) is 3. The number of nitrogens with one attached hydrogen (secondary N) is 1. The zero-order valence-corrected chi connectivity index (χ0v) is 21.0. The van der Waals surface area contributed by atoms with Crippen molar-refractivity contribution in [2.24, 2.45) is 0 Å². The number of hydrogen-bond acceptors (Lipinski definition) is 7. The van der Waals surface area contributed by atoms with Gasteiger partial charge >= 0.3 is 12.1 Å². The normalized spacial score (nSPS) is 13.7. The van der Waals surface area contributed by atoms with Gasteiger partial charge in [0, 0.05) is 13.0 Å². The average molecular weight is 497 g/mol. The molecule has 0 saturated heterocycles. The summed E-state index contributed by atoms with van der Waals surface area (Å²) in [7, 11) is 1.26. The van der Waals surface area contributed by atoms with Crippen LogP contribution in [0.2, 0.25) is 0 Å². The minimum absolute atomic E-state index is 0.229. The van der Waals surface area contributed by atoms with E-state index in [0.29, 0.717) is 42.9 Å². The van der Waals surface area contributed by atoms with E-state index in [1.165, 1.54) is 12.0 Å². The maximum Gasteiger partial charge on any atom is 0.408 e. The largest absolute Gasteiger partial charge is 0.494 e. The molecule has 1 heterocycles. The summed E-state index contributed by atoms with van der Waals surface area (Å²) in [5, 5.41) is 2.55. The molecule has 2 aromatic rings. The SMILES string of the molecule is COC(=O)C(Cc1ccc(OCCCCN2C(=O)c3ccccc3C2=O)cc1)NC(=O)OC(C)(C)C. The van der Waals surface area contributed by atoms with Crippen LogP contribution in [-0.4, -0.2) is 60.7 Å². The number of fused-ring (bicyclic) bond motifs is 1. The summed E-state index contributed by atoms with van der Waals surface area (Å²) < 4.78 is 15.8. The number of esters is 1. The number of rotatable bonds is 10. The number of benzene rings is 2. The Morgan fingerprint density at radius 2 is 1.56 bits per heavy atom. The highest BCUT2D eigenvalue weighted by molar-refractivity contribution is 6.21. The lowest BCUT2D eigenvalue weighted by molar-refractivity contribution is -0.143. The van der Waals surface area contributed by atoms with Gasteiger partial charge in [0.2, 0.25) is 0 Å². The van der Waals surface area contributed by atoms with Crippen molar-refractivity contribution in [3.8, 4) is 5.75 Å². The number of amides is 3. The first kappa shape index (κ1) is 26.7. The predicted molar refractivity (Wildman–Crippen MR) is 132 cm³/mol. The van der Waals surface area contributed by atoms with Crippen molar-refractivity contribution < 1.29 is 33.4 Å². The van der Waals surface area contributed by atoms with E-state index in [9.17, 15) is 19.2 Å². The number of imide groups is 1. The lowest BCUT2D eigenvalue weighted by Gasteiger charge is -2.22. The van der Waals surface area contributed by atoms with E-state index in [1.807, 2.05) is 0 Å². The number of carbonyl (C=O) groups excluding carboxylic acids is 4. The Morgan fingerprint density at radius 3 is 2.11 bits per heavy atom. The van der Waals surface area contributed by atoms with Gasteiger partial charge in [0.15, 0.2) is 0 Å². The van der Waals surface area contributed by atoms with Crippen LogP contribution < -0.4 is 10.1 Å². The average Bonchev–Trinajstić information content (AvgIpc) is 3.07. The predicted octanol–water partition coefficient (Wildman–Crippen LogP) is 3.75. The molecular formula is C27H32N2O7. The van der Waals surface area contributed by atoms with Gasteiger partial charge < -0.3 is 19.5 Å². The Hall–Kier alpha value is -3.88. The van der Waals surface area contributed by atoms with Crippen molar-refractivity contribution in [2.45, 2.75) is 51.7 Å². The van der Waals surface area contributed by atoms with E-state index in [-0.39, 0.29) is 18.2 Å². The molecule has 0 fully saturated rings. The molecule has 1 N–H and O–H groups in total. The van der Waals surface area contributed by atoms with Crippen LogP contribution in [0.4, 0.5) is 4.79 Å². The zero-order valence-electron chi connectivity index (χ0n) is 21.0. The molecule has 0 radical (unpaired) electrons. The van der Waals surface area contributed by atoms with Crippen LogP contribution in [-0.2, 0) is 20.7 Å². The van der Waals surface area contributed by atoms with Gasteiger partial charge in [0.1, 0.15) is 17.4 Å². The molecule has 0 aliphatic carbocycles. The summed E-state index contributed by atoms with van der Waals surface area (Å²) in [5.74, 6) is -0.425. The number of unbranched alkanes of at least 4 members (excludes halogenated alkanes) is 1. The monoisotopic (exact) mass is 496 g/mol. The summed E-state index contributed by atoms with van der Waals surface area (Å²) in [6.07, 6.45) is 0.825. The van der Waals surface area contributed by atoms with Crippen molar-refractivity contribution in [1.82, 2.24) is 10.2 Å². The molecule has 1 aliphatic rings. The highest BCUT2D eigenvalue weighted by Gasteiger charge is 2.34. The van der Waals surface area contributed by atoms with Crippen LogP contribution in [0.3, 0.4) is 0 Å². The molecule has 3 rings (SSSR count). The second-order valence-corrected chi connectivity index (χ2v) is 9.43. The number of nitrogens with zero attached hydrogens (tertiary/aromatic N) is 1. The van der Waals surface area contributed by atoms with Gasteiger partial charge in [-0.3, -0.25) is 14.5 Å². The van der Waals surface area contributed by atoms with Crippen molar-refractivity contribution in [1.29, 1.82) is 0 Å². The molecule has 0 bridgehead atoms. The molecular weight excluding hydrogens is 464 g/mol. The molecule has 0 spiro atoms. The molecule has 3 amide bonds. The third kappa shape index (κ3) is 7.07. The first-order valence-corrected chi connectivity index (χ1v) is 11.8. The van der Waals surface area contributed by atoms with Gasteiger partial charge in [0.25, 0.3) is 11.8 Å². The molecule has 9 heteroatoms. The van der Waals surface area contributed by atoms with Crippen LogP contribution in [0, 0.1) is 0 Å². The van der Waals surface area contributed by atoms with E-state index < -0.39 is 23.7 Å². The molecule has 0 saturated carbocycles.